The fourth-order valence-electron chi connectivity index (χ4n) is 3.58. The minimum absolute atomic E-state index is 0.261. The predicted octanol–water partition coefficient (Wildman–Crippen LogP) is 2.58. The molecule has 0 atom stereocenters. The number of sulfonamides is 1. The highest BCUT2D eigenvalue weighted by molar-refractivity contribution is 7.89. The van der Waals surface area contributed by atoms with Crippen molar-refractivity contribution >= 4 is 15.7 Å². The van der Waals surface area contributed by atoms with Gasteiger partial charge in [-0.15, -0.1) is 0 Å². The minimum atomic E-state index is -3.49. The van der Waals surface area contributed by atoms with E-state index in [9.17, 15) is 8.42 Å². The van der Waals surface area contributed by atoms with Gasteiger partial charge in [0.25, 0.3) is 0 Å². The molecule has 30 heavy (non-hydrogen) atoms. The average Bonchev–Trinajstić information content (AvgIpc) is 2.78. The molecule has 164 valence electrons. The Morgan fingerprint density at radius 1 is 1.00 bits per heavy atom. The maximum atomic E-state index is 12.4. The number of hydrogen-bond acceptors (Lipinski definition) is 6. The number of benzene rings is 2. The van der Waals surface area contributed by atoms with Crippen LogP contribution in [0.15, 0.2) is 53.4 Å². The average molecular weight is 434 g/mol. The molecule has 1 N–H and O–H groups in total. The Kier molecular flexibility index (Phi) is 7.95. The highest BCUT2D eigenvalue weighted by Crippen LogP contribution is 2.28. The molecule has 1 fully saturated rings. The van der Waals surface area contributed by atoms with Crippen LogP contribution < -0.4 is 19.1 Å². The van der Waals surface area contributed by atoms with Crippen molar-refractivity contribution in [3.63, 3.8) is 0 Å². The predicted molar refractivity (Wildman–Crippen MR) is 119 cm³/mol. The van der Waals surface area contributed by atoms with Crippen molar-refractivity contribution < 1.29 is 17.9 Å². The van der Waals surface area contributed by atoms with Crippen LogP contribution in [0.25, 0.3) is 0 Å². The van der Waals surface area contributed by atoms with Crippen LogP contribution in [0.1, 0.15) is 13.3 Å². The summed E-state index contributed by atoms with van der Waals surface area (Å²) in [6.07, 6.45) is 0.769. The van der Waals surface area contributed by atoms with Gasteiger partial charge in [-0.05, 0) is 56.3 Å². The second-order valence-corrected chi connectivity index (χ2v) is 8.92. The van der Waals surface area contributed by atoms with Crippen molar-refractivity contribution in [1.82, 2.24) is 9.62 Å². The summed E-state index contributed by atoms with van der Waals surface area (Å²) >= 11 is 0. The van der Waals surface area contributed by atoms with Gasteiger partial charge >= 0.3 is 0 Å². The highest BCUT2D eigenvalue weighted by atomic mass is 32.2. The van der Waals surface area contributed by atoms with Gasteiger partial charge in [-0.1, -0.05) is 12.1 Å². The smallest absolute Gasteiger partial charge is 0.240 e. The van der Waals surface area contributed by atoms with Crippen LogP contribution in [0.3, 0.4) is 0 Å². The van der Waals surface area contributed by atoms with E-state index >= 15 is 0 Å². The molecule has 7 nitrogen and oxygen atoms in total. The maximum Gasteiger partial charge on any atom is 0.240 e. The van der Waals surface area contributed by atoms with Gasteiger partial charge in [0.2, 0.25) is 10.0 Å². The van der Waals surface area contributed by atoms with Crippen molar-refractivity contribution in [2.45, 2.75) is 18.2 Å². The van der Waals surface area contributed by atoms with E-state index in [-0.39, 0.29) is 4.90 Å². The molecule has 0 amide bonds. The number of nitrogens with one attached hydrogen (secondary N) is 1. The summed E-state index contributed by atoms with van der Waals surface area (Å²) in [5, 5.41) is 0. The van der Waals surface area contributed by atoms with Crippen LogP contribution >= 0.6 is 0 Å². The first-order valence-corrected chi connectivity index (χ1v) is 11.8. The number of para-hydroxylation sites is 2. The Balaban J connectivity index is 1.41. The van der Waals surface area contributed by atoms with Crippen LogP contribution in [0.5, 0.6) is 11.5 Å². The van der Waals surface area contributed by atoms with Crippen molar-refractivity contribution in [1.29, 1.82) is 0 Å². The molecule has 1 aliphatic heterocycles. The van der Waals surface area contributed by atoms with Gasteiger partial charge < -0.3 is 14.4 Å². The first-order valence-electron chi connectivity index (χ1n) is 10.4. The van der Waals surface area contributed by atoms with E-state index in [0.29, 0.717) is 18.9 Å². The van der Waals surface area contributed by atoms with Crippen LogP contribution in [-0.4, -0.2) is 66.3 Å². The number of piperazine rings is 1. The zero-order valence-corrected chi connectivity index (χ0v) is 18.5. The van der Waals surface area contributed by atoms with Crippen LogP contribution in [0.2, 0.25) is 0 Å². The van der Waals surface area contributed by atoms with E-state index in [1.165, 1.54) is 0 Å². The van der Waals surface area contributed by atoms with Gasteiger partial charge in [-0.25, -0.2) is 13.1 Å². The summed E-state index contributed by atoms with van der Waals surface area (Å²) in [7, 11) is -1.80. The molecule has 0 aliphatic carbocycles. The molecule has 0 radical (unpaired) electrons. The normalized spacial score (nSPS) is 15.2. The molecule has 0 saturated carbocycles. The number of rotatable bonds is 10. The Labute approximate surface area is 179 Å². The highest BCUT2D eigenvalue weighted by Gasteiger charge is 2.19. The van der Waals surface area contributed by atoms with E-state index in [1.54, 1.807) is 31.4 Å². The maximum absolute atomic E-state index is 12.4. The summed E-state index contributed by atoms with van der Waals surface area (Å²) in [6.45, 7) is 7.49. The largest absolute Gasteiger partial charge is 0.495 e. The molecule has 0 unspecified atom stereocenters. The van der Waals surface area contributed by atoms with Gasteiger partial charge in [0, 0.05) is 32.7 Å². The number of hydrogen-bond donors (Lipinski definition) is 1. The summed E-state index contributed by atoms with van der Waals surface area (Å²) in [4.78, 5) is 4.97. The molecule has 3 rings (SSSR count). The van der Waals surface area contributed by atoms with Crippen molar-refractivity contribution in [2.75, 3.05) is 57.9 Å². The van der Waals surface area contributed by atoms with Crippen LogP contribution in [-0.2, 0) is 10.0 Å². The number of anilines is 1. The molecular weight excluding hydrogens is 402 g/mol. The van der Waals surface area contributed by atoms with Gasteiger partial charge in [0.15, 0.2) is 0 Å². The topological polar surface area (TPSA) is 71.1 Å². The Hall–Kier alpha value is -2.29. The summed E-state index contributed by atoms with van der Waals surface area (Å²) in [6, 6.07) is 14.6. The number of ether oxygens (including phenoxy) is 2. The molecule has 0 bridgehead atoms. The lowest BCUT2D eigenvalue weighted by Crippen LogP contribution is -2.47. The molecular formula is C22H31N3O4S. The summed E-state index contributed by atoms with van der Waals surface area (Å²) in [5.41, 5.74) is 1.13. The zero-order valence-electron chi connectivity index (χ0n) is 17.7. The Morgan fingerprint density at radius 3 is 2.37 bits per heavy atom. The summed E-state index contributed by atoms with van der Waals surface area (Å²) < 4.78 is 38.4. The van der Waals surface area contributed by atoms with Gasteiger partial charge in [-0.2, -0.15) is 0 Å². The first-order chi connectivity index (χ1) is 14.5. The quantitative estimate of drug-likeness (QED) is 0.581. The number of methoxy groups -OCH3 is 1. The lowest BCUT2D eigenvalue weighted by Gasteiger charge is -2.36. The van der Waals surface area contributed by atoms with Gasteiger partial charge in [0.1, 0.15) is 11.5 Å². The van der Waals surface area contributed by atoms with E-state index in [1.807, 2.05) is 25.1 Å². The Morgan fingerprint density at radius 2 is 1.70 bits per heavy atom. The molecule has 1 heterocycles. The van der Waals surface area contributed by atoms with Crippen molar-refractivity contribution in [2.24, 2.45) is 0 Å². The second kappa shape index (κ2) is 10.7. The number of nitrogens with zero attached hydrogens (tertiary/aromatic N) is 2. The fraction of sp³-hybridized carbons (Fsp3) is 0.455. The first kappa shape index (κ1) is 22.4. The van der Waals surface area contributed by atoms with Gasteiger partial charge in [0.05, 0.1) is 24.3 Å². The van der Waals surface area contributed by atoms with E-state index < -0.39 is 10.0 Å². The molecule has 1 saturated heterocycles. The molecule has 0 aromatic heterocycles. The molecule has 2 aromatic rings. The molecule has 1 aliphatic rings. The third kappa shape index (κ3) is 5.87. The van der Waals surface area contributed by atoms with E-state index in [4.69, 9.17) is 9.47 Å². The summed E-state index contributed by atoms with van der Waals surface area (Å²) in [5.74, 6) is 1.57. The second-order valence-electron chi connectivity index (χ2n) is 7.16. The third-order valence-electron chi connectivity index (χ3n) is 5.19. The van der Waals surface area contributed by atoms with E-state index in [2.05, 4.69) is 20.6 Å². The SMILES string of the molecule is CCOc1ccc(S(=O)(=O)NCCCN2CCN(c3ccccc3OC)CC2)cc1. The van der Waals surface area contributed by atoms with Crippen molar-refractivity contribution in [3.8, 4) is 11.5 Å². The van der Waals surface area contributed by atoms with Crippen molar-refractivity contribution in [3.05, 3.63) is 48.5 Å². The lowest BCUT2D eigenvalue weighted by molar-refractivity contribution is 0.254. The fourth-order valence-corrected chi connectivity index (χ4v) is 4.65. The Bertz CT molecular complexity index is 895. The van der Waals surface area contributed by atoms with E-state index in [0.717, 1.165) is 50.6 Å². The molecule has 0 spiro atoms. The lowest BCUT2D eigenvalue weighted by atomic mass is 10.2. The monoisotopic (exact) mass is 433 g/mol. The minimum Gasteiger partial charge on any atom is -0.495 e. The van der Waals surface area contributed by atoms with Crippen LogP contribution in [0, 0.1) is 0 Å². The standard InChI is InChI=1S/C22H31N3O4S/c1-3-29-19-9-11-20(12-10-19)30(26,27)23-13-6-14-24-15-17-25(18-16-24)21-7-4-5-8-22(21)28-2/h4-5,7-12,23H,3,6,13-18H2,1-2H3. The molecule has 8 heteroatoms. The molecule has 2 aromatic carbocycles. The third-order valence-corrected chi connectivity index (χ3v) is 6.66. The zero-order chi connectivity index (χ0) is 21.4. The van der Waals surface area contributed by atoms with Crippen LogP contribution in [0.4, 0.5) is 5.69 Å². The van der Waals surface area contributed by atoms with Gasteiger partial charge in [-0.3, -0.25) is 4.90 Å².